The van der Waals surface area contributed by atoms with Crippen molar-refractivity contribution >= 4 is 41.2 Å². The van der Waals surface area contributed by atoms with Gasteiger partial charge in [-0.2, -0.15) is 5.26 Å². The largest absolute Gasteiger partial charge is 0.489 e. The molecule has 9 rings (SSSR count). The first-order valence-corrected chi connectivity index (χ1v) is 28.7. The predicted octanol–water partition coefficient (Wildman–Crippen LogP) is 6.07. The van der Waals surface area contributed by atoms with Crippen molar-refractivity contribution in [1.82, 2.24) is 55.0 Å². The number of anilines is 2. The van der Waals surface area contributed by atoms with Gasteiger partial charge in [0.25, 0.3) is 5.91 Å². The van der Waals surface area contributed by atoms with E-state index in [-0.39, 0.29) is 87.7 Å². The maximum Gasteiger partial charge on any atom is 0.326 e. The van der Waals surface area contributed by atoms with Crippen LogP contribution >= 0.6 is 0 Å². The lowest BCUT2D eigenvalue weighted by Gasteiger charge is -2.39. The Morgan fingerprint density at radius 1 is 0.884 bits per heavy atom. The zero-order valence-corrected chi connectivity index (χ0v) is 49.3. The van der Waals surface area contributed by atoms with Crippen molar-refractivity contribution in [3.63, 3.8) is 0 Å². The fourth-order valence-electron chi connectivity index (χ4n) is 10.3. The van der Waals surface area contributed by atoms with Gasteiger partial charge in [0, 0.05) is 100 Å². The second-order valence-electron chi connectivity index (χ2n) is 23.1. The number of piperazine rings is 1. The highest BCUT2D eigenvalue weighted by molar-refractivity contribution is 6.13. The standard InChI is InChI=1S/C61H72N14O11/c1-40-34-72(59-65-31-42(32-66-59)49-14-13-48-56(79)61(5,6)75(57(48)68-49)35-41-9-8-21-63-51(41)30-62)24-25-74(40)55(78)37-73-36-43(69-70-73)38-83-28-27-82-26-19-54(77)71-22-17-44(18-23-71)85-47-12-15-53(64-33-47)86-46-11-7-10-45(29-46)84-39-52(76)67-50(58(80)81)16-20-60(2,3)4/h7-15,21,29,31-33,36,40,44,50H,16-20,22-28,34-35,37-39H2,1-6H3,(H,67,76)(H,80,81)/t40-,50+/m1/s1. The highest BCUT2D eigenvalue weighted by Gasteiger charge is 2.45. The average Bonchev–Trinajstić information content (AvgIpc) is 1.71. The Morgan fingerprint density at radius 2 is 1.66 bits per heavy atom. The second kappa shape index (κ2) is 27.7. The molecule has 2 fully saturated rings. The van der Waals surface area contributed by atoms with Gasteiger partial charge in [-0.1, -0.05) is 38.1 Å². The van der Waals surface area contributed by atoms with Gasteiger partial charge in [0.1, 0.15) is 59.2 Å². The van der Waals surface area contributed by atoms with Gasteiger partial charge in [-0.25, -0.2) is 34.4 Å². The van der Waals surface area contributed by atoms with Crippen LogP contribution in [0.15, 0.2) is 91.6 Å². The molecule has 3 amide bonds. The number of nitriles is 1. The Bertz CT molecular complexity index is 3390. The molecule has 0 saturated carbocycles. The summed E-state index contributed by atoms with van der Waals surface area (Å²) >= 11 is 0. The number of aromatic nitrogens is 8. The molecule has 452 valence electrons. The minimum atomic E-state index is -1.09. The monoisotopic (exact) mass is 1180 g/mol. The number of fused-ring (bicyclic) bond motifs is 1. The number of ether oxygens (including phenoxy) is 5. The molecule has 5 aromatic heterocycles. The molecule has 0 aliphatic carbocycles. The molecule has 2 atom stereocenters. The summed E-state index contributed by atoms with van der Waals surface area (Å²) < 4.78 is 30.6. The van der Waals surface area contributed by atoms with E-state index in [9.17, 15) is 34.3 Å². The molecule has 1 aromatic carbocycles. The molecule has 25 nitrogen and oxygen atoms in total. The zero-order valence-electron chi connectivity index (χ0n) is 49.3. The van der Waals surface area contributed by atoms with Gasteiger partial charge in [-0.15, -0.1) is 5.10 Å². The van der Waals surface area contributed by atoms with Crippen LogP contribution in [-0.2, 0) is 48.3 Å². The molecule has 8 heterocycles. The lowest BCUT2D eigenvalue weighted by atomic mass is 9.88. The number of carbonyl (C=O) groups excluding carboxylic acids is 4. The number of Topliss-reactive ketones (excluding diaryl/α,β-unsaturated/α-hetero) is 1. The van der Waals surface area contributed by atoms with Gasteiger partial charge in [0.05, 0.1) is 62.0 Å². The van der Waals surface area contributed by atoms with E-state index in [1.165, 1.54) is 4.68 Å². The summed E-state index contributed by atoms with van der Waals surface area (Å²) in [5.41, 5.74) is 2.40. The number of nitrogens with zero attached hydrogens (tertiary/aromatic N) is 13. The first-order valence-electron chi connectivity index (χ1n) is 28.7. The molecule has 25 heteroatoms. The quantitative estimate of drug-likeness (QED) is 0.0615. The molecule has 0 spiro atoms. The topological polar surface area (TPSA) is 296 Å². The average molecular weight is 1180 g/mol. The van der Waals surface area contributed by atoms with Crippen molar-refractivity contribution in [2.24, 2.45) is 5.41 Å². The molecule has 6 aromatic rings. The summed E-state index contributed by atoms with van der Waals surface area (Å²) in [6, 6.07) is 18.3. The van der Waals surface area contributed by atoms with E-state index in [0.29, 0.717) is 127 Å². The number of benzene rings is 1. The van der Waals surface area contributed by atoms with Crippen LogP contribution in [0, 0.1) is 16.7 Å². The SMILES string of the molecule is C[C@@H]1CN(c2ncc(-c3ccc4c(n3)N(Cc3cccnc3C#N)C(C)(C)C4=O)cn2)CCN1C(=O)Cn1cc(COCCOCCC(=O)N2CCC(Oc3ccc(Oc4cccc(OCC(=O)N[C@@H](CCC(C)(C)C)C(=O)O)c4)nc3)CC2)nn1. The highest BCUT2D eigenvalue weighted by atomic mass is 16.5. The first-order chi connectivity index (χ1) is 41.3. The van der Waals surface area contributed by atoms with Gasteiger partial charge in [0.2, 0.25) is 23.6 Å². The van der Waals surface area contributed by atoms with Crippen molar-refractivity contribution in [3.05, 3.63) is 114 Å². The third-order valence-electron chi connectivity index (χ3n) is 15.1. The summed E-state index contributed by atoms with van der Waals surface area (Å²) in [5, 5.41) is 30.1. The molecule has 3 aliphatic rings. The number of ketones is 1. The highest BCUT2D eigenvalue weighted by Crippen LogP contribution is 2.40. The van der Waals surface area contributed by atoms with Crippen molar-refractivity contribution in [3.8, 4) is 40.5 Å². The van der Waals surface area contributed by atoms with Crippen LogP contribution in [-0.4, -0.2) is 167 Å². The number of rotatable bonds is 25. The number of pyridine rings is 3. The van der Waals surface area contributed by atoms with Crippen LogP contribution in [0.3, 0.4) is 0 Å². The molecular weight excluding hydrogens is 1100 g/mol. The molecule has 0 bridgehead atoms. The number of hydrogen-bond acceptors (Lipinski definition) is 20. The molecule has 2 N–H and O–H groups in total. The number of hydrogen-bond donors (Lipinski definition) is 2. The number of carboxylic acids is 1. The third-order valence-corrected chi connectivity index (χ3v) is 15.1. The fraction of sp³-hybridized carbons (Fsp3) is 0.459. The Morgan fingerprint density at radius 3 is 2.40 bits per heavy atom. The van der Waals surface area contributed by atoms with Gasteiger partial charge in [0.15, 0.2) is 12.4 Å². The van der Waals surface area contributed by atoms with E-state index >= 15 is 0 Å². The number of carboxylic acid groups (broad SMARTS) is 1. The number of piperidine rings is 1. The summed E-state index contributed by atoms with van der Waals surface area (Å²) in [6.45, 7) is 15.3. The normalized spacial score (nSPS) is 16.3. The van der Waals surface area contributed by atoms with Crippen molar-refractivity contribution in [2.75, 3.05) is 69.0 Å². The lowest BCUT2D eigenvalue weighted by molar-refractivity contribution is -0.142. The minimum absolute atomic E-state index is 0.00494. The summed E-state index contributed by atoms with van der Waals surface area (Å²) in [5.74, 6) is 0.958. The Hall–Kier alpha value is -9.15. The number of aliphatic carboxylic acids is 1. The van der Waals surface area contributed by atoms with E-state index < -0.39 is 23.5 Å². The molecule has 0 unspecified atom stereocenters. The van der Waals surface area contributed by atoms with Crippen LogP contribution in [0.2, 0.25) is 0 Å². The Kier molecular flexibility index (Phi) is 19.8. The molecule has 2 saturated heterocycles. The minimum Gasteiger partial charge on any atom is -0.489 e. The Labute approximate surface area is 498 Å². The molecule has 86 heavy (non-hydrogen) atoms. The number of likely N-dealkylation sites (tertiary alicyclic amines) is 1. The summed E-state index contributed by atoms with van der Waals surface area (Å²) in [4.78, 5) is 94.5. The van der Waals surface area contributed by atoms with E-state index in [2.05, 4.69) is 41.6 Å². The number of amides is 3. The van der Waals surface area contributed by atoms with E-state index in [1.807, 2.05) is 67.2 Å². The van der Waals surface area contributed by atoms with Crippen LogP contribution in [0.5, 0.6) is 23.1 Å². The van der Waals surface area contributed by atoms with Gasteiger partial charge < -0.3 is 53.7 Å². The van der Waals surface area contributed by atoms with Crippen LogP contribution in [0.4, 0.5) is 11.8 Å². The van der Waals surface area contributed by atoms with Crippen LogP contribution in [0.25, 0.3) is 11.3 Å². The van der Waals surface area contributed by atoms with E-state index in [1.54, 1.807) is 85.6 Å². The van der Waals surface area contributed by atoms with Crippen LogP contribution in [0.1, 0.15) is 101 Å². The maximum atomic E-state index is 13.5. The maximum absolute atomic E-state index is 13.5. The number of nitrogens with one attached hydrogen (secondary N) is 1. The van der Waals surface area contributed by atoms with Gasteiger partial charge in [-0.3, -0.25) is 19.2 Å². The predicted molar refractivity (Wildman–Crippen MR) is 312 cm³/mol. The number of carbonyl (C=O) groups is 5. The van der Waals surface area contributed by atoms with Gasteiger partial charge in [-0.05, 0) is 75.4 Å². The van der Waals surface area contributed by atoms with Gasteiger partial charge >= 0.3 is 5.97 Å². The van der Waals surface area contributed by atoms with Crippen molar-refractivity contribution in [1.29, 1.82) is 5.26 Å². The second-order valence-corrected chi connectivity index (χ2v) is 23.1. The lowest BCUT2D eigenvalue weighted by Crippen LogP contribution is -2.55. The first kappa shape index (κ1) is 61.4. The fourth-order valence-corrected chi connectivity index (χ4v) is 10.3. The van der Waals surface area contributed by atoms with Crippen molar-refractivity contribution < 1.29 is 52.8 Å². The zero-order chi connectivity index (χ0) is 61.0. The van der Waals surface area contributed by atoms with Crippen molar-refractivity contribution in [2.45, 2.75) is 117 Å². The summed E-state index contributed by atoms with van der Waals surface area (Å²) in [6.07, 6.45) is 10.7. The molecule has 0 radical (unpaired) electrons. The third kappa shape index (κ3) is 16.0. The molecule has 3 aliphatic heterocycles. The van der Waals surface area contributed by atoms with E-state index in [0.717, 1.165) is 0 Å². The molecular formula is C61H72N14O11. The van der Waals surface area contributed by atoms with Crippen LogP contribution < -0.4 is 29.3 Å². The summed E-state index contributed by atoms with van der Waals surface area (Å²) in [7, 11) is 0. The van der Waals surface area contributed by atoms with E-state index in [4.69, 9.17) is 28.7 Å². The Balaban J connectivity index is 0.624. The smallest absolute Gasteiger partial charge is 0.326 e.